The van der Waals surface area contributed by atoms with Gasteiger partial charge in [-0.3, -0.25) is 0 Å². The van der Waals surface area contributed by atoms with Crippen molar-refractivity contribution in [3.05, 3.63) is 55.7 Å². The van der Waals surface area contributed by atoms with Crippen molar-refractivity contribution in [3.63, 3.8) is 0 Å². The number of benzene rings is 1. The van der Waals surface area contributed by atoms with Gasteiger partial charge < -0.3 is 0 Å². The Hall–Kier alpha value is -0.310. The summed E-state index contributed by atoms with van der Waals surface area (Å²) in [5.74, 6) is 0. The molecular formula is C13H12BrClS. The van der Waals surface area contributed by atoms with Crippen LogP contribution in [0.1, 0.15) is 26.3 Å². The zero-order chi connectivity index (χ0) is 11.7. The third-order valence-electron chi connectivity index (χ3n) is 2.53. The third kappa shape index (κ3) is 2.34. The maximum Gasteiger partial charge on any atom is 0.0941 e. The van der Waals surface area contributed by atoms with E-state index in [0.717, 1.165) is 4.47 Å². The van der Waals surface area contributed by atoms with Gasteiger partial charge in [0.2, 0.25) is 0 Å². The van der Waals surface area contributed by atoms with E-state index in [2.05, 4.69) is 48.0 Å². The van der Waals surface area contributed by atoms with Gasteiger partial charge in [0.1, 0.15) is 0 Å². The van der Waals surface area contributed by atoms with Crippen molar-refractivity contribution in [2.75, 3.05) is 0 Å². The Labute approximate surface area is 113 Å². The smallest absolute Gasteiger partial charge is 0.0941 e. The lowest BCUT2D eigenvalue weighted by atomic mass is 10.0. The molecule has 0 saturated heterocycles. The quantitative estimate of drug-likeness (QED) is 0.646. The number of aryl methyl sites for hydroxylation is 2. The van der Waals surface area contributed by atoms with E-state index in [0.29, 0.717) is 0 Å². The SMILES string of the molecule is Cc1cc(Br)c(C(Cl)c2ccccc2C)s1. The number of halogens is 2. The highest BCUT2D eigenvalue weighted by Gasteiger charge is 2.17. The van der Waals surface area contributed by atoms with Crippen molar-refractivity contribution in [3.8, 4) is 0 Å². The molecule has 0 fully saturated rings. The molecule has 0 aliphatic carbocycles. The third-order valence-corrected chi connectivity index (χ3v) is 5.14. The van der Waals surface area contributed by atoms with E-state index in [1.54, 1.807) is 11.3 Å². The summed E-state index contributed by atoms with van der Waals surface area (Å²) in [5, 5.41) is -0.0609. The van der Waals surface area contributed by atoms with Crippen molar-refractivity contribution in [2.45, 2.75) is 19.2 Å². The van der Waals surface area contributed by atoms with Gasteiger partial charge in [-0.2, -0.15) is 0 Å². The molecule has 2 rings (SSSR count). The van der Waals surface area contributed by atoms with E-state index in [-0.39, 0.29) is 5.38 Å². The summed E-state index contributed by atoms with van der Waals surface area (Å²) in [4.78, 5) is 2.47. The minimum Gasteiger partial charge on any atom is -0.143 e. The van der Waals surface area contributed by atoms with Gasteiger partial charge in [0.15, 0.2) is 0 Å². The van der Waals surface area contributed by atoms with Gasteiger partial charge in [-0.15, -0.1) is 22.9 Å². The Kier molecular flexibility index (Phi) is 3.73. The van der Waals surface area contributed by atoms with Gasteiger partial charge in [-0.05, 0) is 47.0 Å². The molecule has 1 unspecified atom stereocenters. The van der Waals surface area contributed by atoms with Gasteiger partial charge in [0, 0.05) is 14.2 Å². The highest BCUT2D eigenvalue weighted by molar-refractivity contribution is 9.10. The fourth-order valence-electron chi connectivity index (χ4n) is 1.69. The van der Waals surface area contributed by atoms with Crippen molar-refractivity contribution in [1.82, 2.24) is 0 Å². The highest BCUT2D eigenvalue weighted by atomic mass is 79.9. The number of rotatable bonds is 2. The molecule has 1 atom stereocenters. The molecule has 1 aromatic heterocycles. The van der Waals surface area contributed by atoms with E-state index in [9.17, 15) is 0 Å². The molecular weight excluding hydrogens is 304 g/mol. The molecule has 1 aromatic carbocycles. The predicted molar refractivity (Wildman–Crippen MR) is 75.6 cm³/mol. The van der Waals surface area contributed by atoms with Gasteiger partial charge in [0.25, 0.3) is 0 Å². The Bertz CT molecular complexity index is 504. The number of alkyl halides is 1. The molecule has 2 aromatic rings. The first kappa shape index (κ1) is 12.2. The second kappa shape index (κ2) is 4.91. The molecule has 0 aliphatic rings. The van der Waals surface area contributed by atoms with Crippen LogP contribution >= 0.6 is 38.9 Å². The first-order valence-corrected chi connectivity index (χ1v) is 7.09. The summed E-state index contributed by atoms with van der Waals surface area (Å²) < 4.78 is 1.11. The van der Waals surface area contributed by atoms with E-state index in [4.69, 9.17) is 11.6 Å². The maximum absolute atomic E-state index is 6.54. The molecule has 84 valence electrons. The van der Waals surface area contributed by atoms with Gasteiger partial charge in [-0.1, -0.05) is 24.3 Å². The van der Waals surface area contributed by atoms with Gasteiger partial charge in [-0.25, -0.2) is 0 Å². The first-order valence-electron chi connectivity index (χ1n) is 5.05. The molecule has 0 aliphatic heterocycles. The molecule has 0 saturated carbocycles. The molecule has 0 N–H and O–H groups in total. The lowest BCUT2D eigenvalue weighted by Crippen LogP contribution is -1.93. The zero-order valence-corrected chi connectivity index (χ0v) is 12.3. The summed E-state index contributed by atoms with van der Waals surface area (Å²) in [6, 6.07) is 10.4. The van der Waals surface area contributed by atoms with Crippen molar-refractivity contribution in [1.29, 1.82) is 0 Å². The normalized spacial score (nSPS) is 12.8. The lowest BCUT2D eigenvalue weighted by molar-refractivity contribution is 1.14. The number of hydrogen-bond acceptors (Lipinski definition) is 1. The number of hydrogen-bond donors (Lipinski definition) is 0. The largest absolute Gasteiger partial charge is 0.143 e. The Morgan fingerprint density at radius 2 is 1.94 bits per heavy atom. The van der Waals surface area contributed by atoms with Gasteiger partial charge in [0.05, 0.1) is 5.38 Å². The zero-order valence-electron chi connectivity index (χ0n) is 9.13. The standard InChI is InChI=1S/C13H12BrClS/c1-8-5-3-4-6-10(8)12(15)13-11(14)7-9(2)16-13/h3-7,12H,1-2H3. The van der Waals surface area contributed by atoms with E-state index in [1.807, 2.05) is 12.1 Å². The summed E-state index contributed by atoms with van der Waals surface area (Å²) in [5.41, 5.74) is 2.42. The van der Waals surface area contributed by atoms with Crippen LogP contribution in [0.5, 0.6) is 0 Å². The van der Waals surface area contributed by atoms with Crippen LogP contribution in [0, 0.1) is 13.8 Å². The molecule has 1 heterocycles. The fourth-order valence-corrected chi connectivity index (χ4v) is 4.19. The molecule has 0 bridgehead atoms. The fraction of sp³-hybridized carbons (Fsp3) is 0.231. The molecule has 16 heavy (non-hydrogen) atoms. The lowest BCUT2D eigenvalue weighted by Gasteiger charge is -2.11. The summed E-state index contributed by atoms with van der Waals surface area (Å²) in [6.07, 6.45) is 0. The molecule has 0 amide bonds. The van der Waals surface area contributed by atoms with Crippen LogP contribution in [0.4, 0.5) is 0 Å². The summed E-state index contributed by atoms with van der Waals surface area (Å²) in [7, 11) is 0. The topological polar surface area (TPSA) is 0 Å². The second-order valence-corrected chi connectivity index (χ2v) is 6.37. The Morgan fingerprint density at radius 1 is 1.25 bits per heavy atom. The van der Waals surface area contributed by atoms with Crippen LogP contribution in [-0.2, 0) is 0 Å². The van der Waals surface area contributed by atoms with E-state index in [1.165, 1.54) is 20.9 Å². The molecule has 0 radical (unpaired) electrons. The van der Waals surface area contributed by atoms with Crippen molar-refractivity contribution in [2.24, 2.45) is 0 Å². The minimum absolute atomic E-state index is 0.0609. The van der Waals surface area contributed by atoms with Crippen LogP contribution in [0.15, 0.2) is 34.8 Å². The van der Waals surface area contributed by atoms with Crippen LogP contribution in [0.25, 0.3) is 0 Å². The number of thiophene rings is 1. The second-order valence-electron chi connectivity index (χ2n) is 3.79. The minimum atomic E-state index is -0.0609. The van der Waals surface area contributed by atoms with Crippen LogP contribution in [0.2, 0.25) is 0 Å². The Balaban J connectivity index is 2.43. The van der Waals surface area contributed by atoms with Crippen molar-refractivity contribution < 1.29 is 0 Å². The molecule has 0 nitrogen and oxygen atoms in total. The molecule has 3 heteroatoms. The van der Waals surface area contributed by atoms with Crippen LogP contribution in [0.3, 0.4) is 0 Å². The van der Waals surface area contributed by atoms with E-state index < -0.39 is 0 Å². The molecule has 0 spiro atoms. The van der Waals surface area contributed by atoms with E-state index >= 15 is 0 Å². The first-order chi connectivity index (χ1) is 7.59. The predicted octanol–water partition coefficient (Wildman–Crippen LogP) is 5.46. The summed E-state index contributed by atoms with van der Waals surface area (Å²) >= 11 is 11.8. The maximum atomic E-state index is 6.54. The van der Waals surface area contributed by atoms with Crippen LogP contribution in [-0.4, -0.2) is 0 Å². The highest BCUT2D eigenvalue weighted by Crippen LogP contribution is 2.40. The van der Waals surface area contributed by atoms with Crippen LogP contribution < -0.4 is 0 Å². The summed E-state index contributed by atoms with van der Waals surface area (Å²) in [6.45, 7) is 4.19. The average molecular weight is 316 g/mol. The average Bonchev–Trinajstić information content (AvgIpc) is 2.58. The monoisotopic (exact) mass is 314 g/mol. The van der Waals surface area contributed by atoms with Crippen molar-refractivity contribution >= 4 is 38.9 Å². The Morgan fingerprint density at radius 3 is 2.50 bits per heavy atom. The van der Waals surface area contributed by atoms with Gasteiger partial charge >= 0.3 is 0 Å².